The summed E-state index contributed by atoms with van der Waals surface area (Å²) in [5.74, 6) is 0.534. The van der Waals surface area contributed by atoms with Crippen molar-refractivity contribution in [2.45, 2.75) is 57.4 Å². The van der Waals surface area contributed by atoms with Crippen LogP contribution in [0.2, 0.25) is 0 Å². The molecule has 0 saturated heterocycles. The first-order valence-electron chi connectivity index (χ1n) is 5.64. The Balaban J connectivity index is 2.60. The highest BCUT2D eigenvalue weighted by Gasteiger charge is 2.25. The highest BCUT2D eigenvalue weighted by molar-refractivity contribution is 5.79. The van der Waals surface area contributed by atoms with Crippen LogP contribution in [0.3, 0.4) is 0 Å². The average Bonchev–Trinajstić information content (AvgIpc) is 2.15. The second kappa shape index (κ2) is 4.78. The molecule has 1 aliphatic carbocycles. The summed E-state index contributed by atoms with van der Waals surface area (Å²) in [4.78, 5) is 0. The zero-order valence-electron chi connectivity index (χ0n) is 9.18. The molecule has 1 fully saturated rings. The van der Waals surface area contributed by atoms with Gasteiger partial charge in [0.05, 0.1) is 5.84 Å². The summed E-state index contributed by atoms with van der Waals surface area (Å²) < 4.78 is 0. The van der Waals surface area contributed by atoms with Crippen LogP contribution in [0.15, 0.2) is 0 Å². The van der Waals surface area contributed by atoms with Crippen LogP contribution >= 0.6 is 0 Å². The number of amidine groups is 1. The lowest BCUT2D eigenvalue weighted by molar-refractivity contribution is 0.353. The van der Waals surface area contributed by atoms with Crippen LogP contribution in [0.1, 0.15) is 51.9 Å². The first kappa shape index (κ1) is 11.5. The lowest BCUT2D eigenvalue weighted by Gasteiger charge is -2.28. The summed E-state index contributed by atoms with van der Waals surface area (Å²) in [7, 11) is 0. The molecule has 82 valence electrons. The van der Waals surface area contributed by atoms with E-state index >= 15 is 0 Å². The normalized spacial score (nSPS) is 35.4. The Morgan fingerprint density at radius 3 is 2.57 bits per heavy atom. The smallest absolute Gasteiger partial charge is 0.0937 e. The zero-order chi connectivity index (χ0) is 10.6. The molecule has 0 radical (unpaired) electrons. The maximum absolute atomic E-state index is 7.53. The van der Waals surface area contributed by atoms with Crippen LogP contribution in [-0.4, -0.2) is 11.4 Å². The van der Waals surface area contributed by atoms with Gasteiger partial charge in [-0.25, -0.2) is 0 Å². The second-order valence-corrected chi connectivity index (χ2v) is 4.96. The van der Waals surface area contributed by atoms with E-state index in [4.69, 9.17) is 16.9 Å². The average molecular weight is 197 g/mol. The fourth-order valence-corrected chi connectivity index (χ4v) is 2.31. The molecule has 0 bridgehead atoms. The Hall–Kier alpha value is -0.570. The van der Waals surface area contributed by atoms with E-state index in [9.17, 15) is 0 Å². The van der Waals surface area contributed by atoms with Crippen molar-refractivity contribution >= 4 is 5.84 Å². The van der Waals surface area contributed by atoms with Crippen molar-refractivity contribution in [3.63, 3.8) is 0 Å². The van der Waals surface area contributed by atoms with Crippen molar-refractivity contribution in [2.24, 2.45) is 17.4 Å². The topological polar surface area (TPSA) is 75.9 Å². The maximum atomic E-state index is 7.53. The third-order valence-electron chi connectivity index (χ3n) is 3.20. The van der Waals surface area contributed by atoms with Gasteiger partial charge in [0, 0.05) is 11.5 Å². The van der Waals surface area contributed by atoms with Crippen LogP contribution < -0.4 is 11.5 Å². The van der Waals surface area contributed by atoms with Gasteiger partial charge in [0.2, 0.25) is 0 Å². The second-order valence-electron chi connectivity index (χ2n) is 4.96. The molecule has 3 nitrogen and oxygen atoms in total. The van der Waals surface area contributed by atoms with E-state index in [1.54, 1.807) is 0 Å². The van der Waals surface area contributed by atoms with Crippen molar-refractivity contribution in [3.05, 3.63) is 0 Å². The Kier molecular flexibility index (Phi) is 3.93. The molecule has 0 aliphatic heterocycles. The molecule has 5 N–H and O–H groups in total. The molecular formula is C11H23N3. The molecule has 0 aromatic heterocycles. The fraction of sp³-hybridized carbons (Fsp3) is 0.909. The summed E-state index contributed by atoms with van der Waals surface area (Å²) in [6.07, 6.45) is 7.94. The number of hydrogen-bond donors (Lipinski definition) is 3. The monoisotopic (exact) mass is 197 g/mol. The van der Waals surface area contributed by atoms with Gasteiger partial charge in [0.25, 0.3) is 0 Å². The molecule has 0 spiro atoms. The summed E-state index contributed by atoms with van der Waals surface area (Å²) >= 11 is 0. The van der Waals surface area contributed by atoms with E-state index in [2.05, 4.69) is 6.92 Å². The van der Waals surface area contributed by atoms with E-state index < -0.39 is 0 Å². The van der Waals surface area contributed by atoms with E-state index in [0.29, 0.717) is 5.84 Å². The van der Waals surface area contributed by atoms with Crippen LogP contribution in [0, 0.1) is 11.3 Å². The number of rotatable bonds is 1. The first-order chi connectivity index (χ1) is 6.51. The van der Waals surface area contributed by atoms with Crippen LogP contribution in [-0.2, 0) is 0 Å². The van der Waals surface area contributed by atoms with E-state index in [1.165, 1.54) is 25.7 Å². The molecule has 0 heterocycles. The SMILES string of the molecule is CC1(N)CCCCCCC(C(=N)N)C1. The first-order valence-corrected chi connectivity index (χ1v) is 5.64. The highest BCUT2D eigenvalue weighted by Crippen LogP contribution is 2.27. The Bertz CT molecular complexity index is 199. The van der Waals surface area contributed by atoms with E-state index in [1.807, 2.05) is 0 Å². The third-order valence-corrected chi connectivity index (χ3v) is 3.20. The van der Waals surface area contributed by atoms with Crippen LogP contribution in [0.5, 0.6) is 0 Å². The molecular weight excluding hydrogens is 174 g/mol. The zero-order valence-corrected chi connectivity index (χ0v) is 9.18. The van der Waals surface area contributed by atoms with Gasteiger partial charge in [-0.05, 0) is 26.2 Å². The largest absolute Gasteiger partial charge is 0.387 e. The van der Waals surface area contributed by atoms with E-state index in [0.717, 1.165) is 19.3 Å². The minimum Gasteiger partial charge on any atom is -0.387 e. The van der Waals surface area contributed by atoms with Gasteiger partial charge < -0.3 is 11.5 Å². The molecule has 3 heteroatoms. The summed E-state index contributed by atoms with van der Waals surface area (Å²) in [6, 6.07) is 0. The predicted octanol–water partition coefficient (Wildman–Crippen LogP) is 2.00. The van der Waals surface area contributed by atoms with Gasteiger partial charge in [-0.1, -0.05) is 25.7 Å². The molecule has 1 saturated carbocycles. The highest BCUT2D eigenvalue weighted by atomic mass is 14.8. The standard InChI is InChI=1S/C11H23N3/c1-11(14)7-5-3-2-4-6-9(8-11)10(12)13/h9H,2-8,14H2,1H3,(H3,12,13). The predicted molar refractivity (Wildman–Crippen MR) is 60.3 cm³/mol. The molecule has 0 aromatic rings. The quantitative estimate of drug-likeness (QED) is 0.444. The van der Waals surface area contributed by atoms with Gasteiger partial charge in [0.1, 0.15) is 0 Å². The number of nitrogens with two attached hydrogens (primary N) is 2. The summed E-state index contributed by atoms with van der Waals surface area (Å²) in [5, 5.41) is 7.53. The van der Waals surface area contributed by atoms with Crippen LogP contribution in [0.25, 0.3) is 0 Å². The van der Waals surface area contributed by atoms with Crippen molar-refractivity contribution in [1.29, 1.82) is 5.41 Å². The van der Waals surface area contributed by atoms with Crippen molar-refractivity contribution in [3.8, 4) is 0 Å². The fourth-order valence-electron chi connectivity index (χ4n) is 2.31. The van der Waals surface area contributed by atoms with Gasteiger partial charge in [-0.3, -0.25) is 5.41 Å². The Morgan fingerprint density at radius 1 is 1.29 bits per heavy atom. The molecule has 1 rings (SSSR count). The lowest BCUT2D eigenvalue weighted by atomic mass is 9.84. The number of nitrogens with one attached hydrogen (secondary N) is 1. The molecule has 0 amide bonds. The third kappa shape index (κ3) is 3.66. The van der Waals surface area contributed by atoms with Crippen molar-refractivity contribution in [1.82, 2.24) is 0 Å². The molecule has 1 aliphatic rings. The molecule has 0 aromatic carbocycles. The van der Waals surface area contributed by atoms with Crippen LogP contribution in [0.4, 0.5) is 0 Å². The Labute approximate surface area is 86.7 Å². The minimum atomic E-state index is -0.124. The van der Waals surface area contributed by atoms with Crippen molar-refractivity contribution < 1.29 is 0 Å². The maximum Gasteiger partial charge on any atom is 0.0937 e. The Morgan fingerprint density at radius 2 is 1.93 bits per heavy atom. The molecule has 14 heavy (non-hydrogen) atoms. The summed E-state index contributed by atoms with van der Waals surface area (Å²) in [6.45, 7) is 2.09. The van der Waals surface area contributed by atoms with Crippen molar-refractivity contribution in [2.75, 3.05) is 0 Å². The number of hydrogen-bond acceptors (Lipinski definition) is 2. The van der Waals surface area contributed by atoms with Gasteiger partial charge in [-0.15, -0.1) is 0 Å². The minimum absolute atomic E-state index is 0.124. The molecule has 2 atom stereocenters. The van der Waals surface area contributed by atoms with Gasteiger partial charge in [-0.2, -0.15) is 0 Å². The van der Waals surface area contributed by atoms with Gasteiger partial charge in [0.15, 0.2) is 0 Å². The molecule has 2 unspecified atom stereocenters. The van der Waals surface area contributed by atoms with E-state index in [-0.39, 0.29) is 11.5 Å². The van der Waals surface area contributed by atoms with Gasteiger partial charge >= 0.3 is 0 Å². The lowest BCUT2D eigenvalue weighted by Crippen LogP contribution is -2.40. The summed E-state index contributed by atoms with van der Waals surface area (Å²) in [5.41, 5.74) is 11.7.